The van der Waals surface area contributed by atoms with Gasteiger partial charge in [0.05, 0.1) is 0 Å². The summed E-state index contributed by atoms with van der Waals surface area (Å²) in [6.45, 7) is 4.65. The molecule has 0 saturated heterocycles. The van der Waals surface area contributed by atoms with Crippen molar-refractivity contribution in [3.05, 3.63) is 27.2 Å². The van der Waals surface area contributed by atoms with Crippen LogP contribution in [0.15, 0.2) is 10.5 Å². The molecule has 1 aliphatic rings. The van der Waals surface area contributed by atoms with Gasteiger partial charge in [-0.15, -0.1) is 0 Å². The van der Waals surface area contributed by atoms with E-state index in [0.717, 1.165) is 34.0 Å². The van der Waals surface area contributed by atoms with Gasteiger partial charge in [0.1, 0.15) is 5.75 Å². The van der Waals surface area contributed by atoms with Gasteiger partial charge in [0, 0.05) is 22.0 Å². The Morgan fingerprint density at radius 2 is 2.07 bits per heavy atom. The highest BCUT2D eigenvalue weighted by molar-refractivity contribution is 9.10. The van der Waals surface area contributed by atoms with Gasteiger partial charge in [0.15, 0.2) is 0 Å². The highest BCUT2D eigenvalue weighted by atomic mass is 79.9. The molecule has 0 atom stereocenters. The van der Waals surface area contributed by atoms with Crippen LogP contribution in [0.25, 0.3) is 0 Å². The SMILES string of the molecule is Cc1cc(O)c(C2(CN)CC2)c(C)c1Br. The first-order valence-electron chi connectivity index (χ1n) is 5.21. The quantitative estimate of drug-likeness (QED) is 0.868. The van der Waals surface area contributed by atoms with E-state index < -0.39 is 0 Å². The topological polar surface area (TPSA) is 46.2 Å². The van der Waals surface area contributed by atoms with E-state index in [-0.39, 0.29) is 5.41 Å². The largest absolute Gasteiger partial charge is 0.508 e. The van der Waals surface area contributed by atoms with Gasteiger partial charge in [-0.05, 0) is 43.9 Å². The molecule has 0 aliphatic heterocycles. The number of phenolic OH excluding ortho intramolecular Hbond substituents is 1. The lowest BCUT2D eigenvalue weighted by Crippen LogP contribution is -2.21. The Kier molecular flexibility index (Phi) is 2.55. The predicted octanol–water partition coefficient (Wildman–Crippen LogP) is 2.76. The van der Waals surface area contributed by atoms with Crippen LogP contribution in [0.3, 0.4) is 0 Å². The number of phenols is 1. The average molecular weight is 270 g/mol. The molecule has 0 amide bonds. The fraction of sp³-hybridized carbons (Fsp3) is 0.500. The zero-order valence-corrected chi connectivity index (χ0v) is 10.7. The molecule has 0 unspecified atom stereocenters. The number of aromatic hydroxyl groups is 1. The summed E-state index contributed by atoms with van der Waals surface area (Å²) in [4.78, 5) is 0. The predicted molar refractivity (Wildman–Crippen MR) is 65.2 cm³/mol. The van der Waals surface area contributed by atoms with E-state index in [2.05, 4.69) is 15.9 Å². The van der Waals surface area contributed by atoms with Crippen molar-refractivity contribution in [1.29, 1.82) is 0 Å². The van der Waals surface area contributed by atoms with Gasteiger partial charge in [-0.2, -0.15) is 0 Å². The van der Waals surface area contributed by atoms with Crippen LogP contribution < -0.4 is 5.73 Å². The molecule has 3 N–H and O–H groups in total. The van der Waals surface area contributed by atoms with Gasteiger partial charge < -0.3 is 10.8 Å². The Morgan fingerprint density at radius 1 is 1.47 bits per heavy atom. The normalized spacial score (nSPS) is 17.9. The summed E-state index contributed by atoms with van der Waals surface area (Å²) in [5, 5.41) is 10.0. The third-order valence-corrected chi connectivity index (χ3v) is 4.65. The molecule has 0 heterocycles. The molecule has 1 aromatic carbocycles. The summed E-state index contributed by atoms with van der Waals surface area (Å²) in [6, 6.07) is 1.82. The summed E-state index contributed by atoms with van der Waals surface area (Å²) in [7, 11) is 0. The number of aryl methyl sites for hydroxylation is 1. The number of hydrogen-bond donors (Lipinski definition) is 2. The van der Waals surface area contributed by atoms with Gasteiger partial charge in [0.2, 0.25) is 0 Å². The second-order valence-electron chi connectivity index (χ2n) is 4.51. The third kappa shape index (κ3) is 1.58. The van der Waals surface area contributed by atoms with Gasteiger partial charge in [-0.1, -0.05) is 15.9 Å². The van der Waals surface area contributed by atoms with Crippen LogP contribution in [0.1, 0.15) is 29.5 Å². The van der Waals surface area contributed by atoms with Crippen molar-refractivity contribution >= 4 is 15.9 Å². The molecule has 82 valence electrons. The van der Waals surface area contributed by atoms with Gasteiger partial charge in [0.25, 0.3) is 0 Å². The molecule has 1 aromatic rings. The van der Waals surface area contributed by atoms with Crippen LogP contribution in [-0.4, -0.2) is 11.7 Å². The Hall–Kier alpha value is -0.540. The van der Waals surface area contributed by atoms with Crippen LogP contribution in [0.5, 0.6) is 5.75 Å². The van der Waals surface area contributed by atoms with E-state index in [1.54, 1.807) is 0 Å². The van der Waals surface area contributed by atoms with Crippen molar-refractivity contribution in [3.63, 3.8) is 0 Å². The van der Waals surface area contributed by atoms with Crippen molar-refractivity contribution in [2.24, 2.45) is 5.73 Å². The number of halogens is 1. The lowest BCUT2D eigenvalue weighted by molar-refractivity contribution is 0.457. The van der Waals surface area contributed by atoms with E-state index in [4.69, 9.17) is 5.73 Å². The molecular weight excluding hydrogens is 254 g/mol. The average Bonchev–Trinajstić information content (AvgIpc) is 2.96. The van der Waals surface area contributed by atoms with Crippen LogP contribution >= 0.6 is 15.9 Å². The Bertz CT molecular complexity index is 411. The number of benzene rings is 1. The smallest absolute Gasteiger partial charge is 0.119 e. The Balaban J connectivity index is 2.62. The molecule has 1 aliphatic carbocycles. The molecule has 3 heteroatoms. The lowest BCUT2D eigenvalue weighted by Gasteiger charge is -2.20. The van der Waals surface area contributed by atoms with E-state index in [9.17, 15) is 5.11 Å². The molecule has 1 saturated carbocycles. The molecule has 1 fully saturated rings. The van der Waals surface area contributed by atoms with Crippen molar-refractivity contribution in [1.82, 2.24) is 0 Å². The molecule has 0 spiro atoms. The lowest BCUT2D eigenvalue weighted by atomic mass is 9.90. The minimum Gasteiger partial charge on any atom is -0.508 e. The highest BCUT2D eigenvalue weighted by Gasteiger charge is 2.46. The maximum atomic E-state index is 10.0. The number of nitrogens with two attached hydrogens (primary N) is 1. The molecule has 2 rings (SSSR count). The summed E-state index contributed by atoms with van der Waals surface area (Å²) >= 11 is 3.56. The fourth-order valence-corrected chi connectivity index (χ4v) is 2.63. The molecular formula is C12H16BrNO. The van der Waals surface area contributed by atoms with Crippen molar-refractivity contribution < 1.29 is 5.11 Å². The zero-order valence-electron chi connectivity index (χ0n) is 9.10. The van der Waals surface area contributed by atoms with Crippen LogP contribution in [0.4, 0.5) is 0 Å². The van der Waals surface area contributed by atoms with Crippen molar-refractivity contribution in [3.8, 4) is 5.75 Å². The number of rotatable bonds is 2. The minimum absolute atomic E-state index is 0.0460. The van der Waals surface area contributed by atoms with Gasteiger partial charge in [-0.3, -0.25) is 0 Å². The Labute approximate surface area is 98.6 Å². The minimum atomic E-state index is 0.0460. The van der Waals surface area contributed by atoms with Gasteiger partial charge in [-0.25, -0.2) is 0 Å². The summed E-state index contributed by atoms with van der Waals surface area (Å²) in [5.74, 6) is 0.399. The second kappa shape index (κ2) is 3.49. The zero-order chi connectivity index (χ0) is 11.2. The van der Waals surface area contributed by atoms with Crippen LogP contribution in [0.2, 0.25) is 0 Å². The van der Waals surface area contributed by atoms with Gasteiger partial charge >= 0.3 is 0 Å². The summed E-state index contributed by atoms with van der Waals surface area (Å²) < 4.78 is 1.09. The van der Waals surface area contributed by atoms with E-state index in [1.807, 2.05) is 19.9 Å². The van der Waals surface area contributed by atoms with E-state index in [0.29, 0.717) is 12.3 Å². The van der Waals surface area contributed by atoms with Crippen molar-refractivity contribution in [2.45, 2.75) is 32.1 Å². The first-order valence-corrected chi connectivity index (χ1v) is 6.00. The molecule has 2 nitrogen and oxygen atoms in total. The second-order valence-corrected chi connectivity index (χ2v) is 5.30. The third-order valence-electron chi connectivity index (χ3n) is 3.43. The van der Waals surface area contributed by atoms with E-state index in [1.165, 1.54) is 0 Å². The standard InChI is InChI=1S/C12H16BrNO/c1-7-5-9(15)10(8(2)11(7)13)12(6-14)3-4-12/h5,15H,3-4,6,14H2,1-2H3. The highest BCUT2D eigenvalue weighted by Crippen LogP contribution is 2.52. The van der Waals surface area contributed by atoms with Crippen LogP contribution in [0, 0.1) is 13.8 Å². The number of hydrogen-bond acceptors (Lipinski definition) is 2. The maximum Gasteiger partial charge on any atom is 0.119 e. The molecule has 0 bridgehead atoms. The molecule has 0 aromatic heterocycles. The van der Waals surface area contributed by atoms with E-state index >= 15 is 0 Å². The first kappa shape index (κ1) is 11.0. The Morgan fingerprint density at radius 3 is 2.53 bits per heavy atom. The molecule has 15 heavy (non-hydrogen) atoms. The molecule has 0 radical (unpaired) electrons. The maximum absolute atomic E-state index is 10.0. The summed E-state index contributed by atoms with van der Waals surface area (Å²) in [5.41, 5.74) is 9.10. The van der Waals surface area contributed by atoms with Crippen LogP contribution in [-0.2, 0) is 5.41 Å². The van der Waals surface area contributed by atoms with Crippen molar-refractivity contribution in [2.75, 3.05) is 6.54 Å². The fourth-order valence-electron chi connectivity index (χ4n) is 2.31. The summed E-state index contributed by atoms with van der Waals surface area (Å²) in [6.07, 6.45) is 2.18. The first-order chi connectivity index (χ1) is 7.02. The monoisotopic (exact) mass is 269 g/mol.